The number of benzene rings is 5. The number of nitrogens with zero attached hydrogens (tertiary/aromatic N) is 5. The normalized spacial score (nSPS) is 16.8. The molecule has 1 atom stereocenters. The summed E-state index contributed by atoms with van der Waals surface area (Å²) in [6.45, 7) is 4.02. The zero-order valence-corrected chi connectivity index (χ0v) is 35.1. The van der Waals surface area contributed by atoms with Crippen molar-refractivity contribution >= 4 is 17.1 Å². The molecule has 10 rings (SSSR count). The van der Waals surface area contributed by atoms with Gasteiger partial charge in [-0.25, -0.2) is 4.99 Å². The molecule has 5 heterocycles. The third-order valence-corrected chi connectivity index (χ3v) is 10.7. The summed E-state index contributed by atoms with van der Waals surface area (Å²) < 4.78 is 78.1. The first kappa shape index (κ1) is 30.6. The van der Waals surface area contributed by atoms with E-state index in [0.717, 1.165) is 39.5 Å². The summed E-state index contributed by atoms with van der Waals surface area (Å²) in [5.74, 6) is 0. The molecule has 0 bridgehead atoms. The summed E-state index contributed by atoms with van der Waals surface area (Å²) in [4.78, 5) is 19.0. The SMILES string of the molecule is [2H]C([2H])(c1ccc(-c2[c-]cccc2)nc1)C([2H])([2H])c1cc(-c2ccccc2-c2cnc3c(c2)[N+]2=C(C)C(C)=NC2c2ccc[c-]c2-3)cc(C([2H])([2H])C([2H])([2H])c2ccc(-c3[c-]cccc3)nc2)c1.[Ir+3]. The zero-order valence-electron chi connectivity index (χ0n) is 40.7. The fourth-order valence-corrected chi connectivity index (χ4v) is 7.62. The van der Waals surface area contributed by atoms with Crippen molar-refractivity contribution in [1.29, 1.82) is 0 Å². The van der Waals surface area contributed by atoms with E-state index in [4.69, 9.17) is 9.98 Å². The van der Waals surface area contributed by atoms with Crippen LogP contribution in [0.1, 0.15) is 58.8 Å². The number of hydrogen-bond donors (Lipinski definition) is 0. The van der Waals surface area contributed by atoms with Crippen molar-refractivity contribution in [1.82, 2.24) is 15.0 Å². The number of aryl methyl sites for hydroxylation is 4. The number of fused-ring (bicyclic) bond motifs is 6. The Bertz CT molecular complexity index is 3140. The second-order valence-electron chi connectivity index (χ2n) is 14.4. The van der Waals surface area contributed by atoms with Gasteiger partial charge in [0.05, 0.1) is 5.69 Å². The van der Waals surface area contributed by atoms with Crippen LogP contribution < -0.4 is 0 Å². The molecule has 0 N–H and O–H groups in total. The molecular weight excluding hydrogens is 911 g/mol. The Morgan fingerprint density at radius 3 is 1.73 bits per heavy atom. The molecule has 0 saturated heterocycles. The average molecular weight is 960 g/mol. The maximum Gasteiger partial charge on any atom is 3.00 e. The number of rotatable bonds is 10. The van der Waals surface area contributed by atoms with Crippen molar-refractivity contribution in [2.75, 3.05) is 0 Å². The second-order valence-corrected chi connectivity index (χ2v) is 14.4. The fraction of sp³-hybridized carbons (Fsp3) is 0.130. The van der Waals surface area contributed by atoms with Gasteiger partial charge in [0.15, 0.2) is 5.69 Å². The van der Waals surface area contributed by atoms with Gasteiger partial charge in [0.1, 0.15) is 5.71 Å². The molecular formula is C54H41IrN5+. The predicted octanol–water partition coefficient (Wildman–Crippen LogP) is 11.8. The molecule has 0 saturated carbocycles. The van der Waals surface area contributed by atoms with Gasteiger partial charge in [-0.05, 0) is 88.3 Å². The zero-order chi connectivity index (χ0) is 46.9. The standard InChI is InChI=1S/C54H41N5.Ir/c1-36-37(2)59-52-32-45(35-57-53(52)48-19-11-12-20-49(48)54(59)58-36)47-18-10-9-17-46(47)44-30-40(23-21-38-25-27-50(55-33-38)42-13-5-3-6-14-42)29-41(31-44)24-22-39-26-28-51(56-34-39)43-15-7-4-8-16-43;/h3-13,15,17-18,20,25-35,54H,21-24H2,1-2H3;/q-2;+3/i21D2,22D2,23D2,24D2;. The molecule has 1 unspecified atom stereocenters. The van der Waals surface area contributed by atoms with Crippen LogP contribution in [-0.4, -0.2) is 31.0 Å². The molecule has 0 aliphatic carbocycles. The van der Waals surface area contributed by atoms with Gasteiger partial charge in [0, 0.05) is 48.1 Å². The van der Waals surface area contributed by atoms with E-state index in [0.29, 0.717) is 39.2 Å². The molecule has 2 aliphatic rings. The molecule has 0 fully saturated rings. The van der Waals surface area contributed by atoms with E-state index >= 15 is 0 Å². The Labute approximate surface area is 376 Å². The molecule has 60 heavy (non-hydrogen) atoms. The average Bonchev–Trinajstić information content (AvgIpc) is 3.67. The first-order valence-electron chi connectivity index (χ1n) is 23.4. The van der Waals surface area contributed by atoms with Crippen LogP contribution in [0.3, 0.4) is 0 Å². The topological polar surface area (TPSA) is 54.0 Å². The molecule has 290 valence electrons. The van der Waals surface area contributed by atoms with Gasteiger partial charge < -0.3 is 9.97 Å². The van der Waals surface area contributed by atoms with Crippen molar-refractivity contribution < 1.29 is 35.6 Å². The van der Waals surface area contributed by atoms with E-state index in [9.17, 15) is 11.0 Å². The monoisotopic (exact) mass is 960 g/mol. The van der Waals surface area contributed by atoms with E-state index in [-0.39, 0.29) is 48.5 Å². The van der Waals surface area contributed by atoms with Crippen LogP contribution in [-0.2, 0) is 45.6 Å². The van der Waals surface area contributed by atoms with Crippen molar-refractivity contribution in [2.45, 2.75) is 45.5 Å². The number of hydrogen-bond acceptors (Lipinski definition) is 4. The van der Waals surface area contributed by atoms with Crippen LogP contribution in [0, 0.1) is 18.2 Å². The minimum absolute atomic E-state index is 0. The summed E-state index contributed by atoms with van der Waals surface area (Å²) in [5.41, 5.74) is 9.71. The van der Waals surface area contributed by atoms with Crippen molar-refractivity contribution in [3.63, 3.8) is 0 Å². The first-order chi connectivity index (χ1) is 32.1. The molecule has 8 aromatic rings. The van der Waals surface area contributed by atoms with E-state index < -0.39 is 25.5 Å². The molecule has 0 amide bonds. The van der Waals surface area contributed by atoms with Gasteiger partial charge in [-0.15, -0.1) is 102 Å². The Hall–Kier alpha value is -6.46. The number of aliphatic imine (C=N–C) groups is 1. The third kappa shape index (κ3) is 7.73. The van der Waals surface area contributed by atoms with Crippen LogP contribution in [0.5, 0.6) is 0 Å². The Morgan fingerprint density at radius 2 is 1.15 bits per heavy atom. The summed E-state index contributed by atoms with van der Waals surface area (Å²) in [6.07, 6.45) is -6.91. The predicted molar refractivity (Wildman–Crippen MR) is 238 cm³/mol. The maximum atomic E-state index is 9.59. The van der Waals surface area contributed by atoms with E-state index in [2.05, 4.69) is 32.7 Å². The van der Waals surface area contributed by atoms with Gasteiger partial charge >= 0.3 is 20.1 Å². The summed E-state index contributed by atoms with van der Waals surface area (Å²) in [6, 6.07) is 50.0. The van der Waals surface area contributed by atoms with Crippen molar-refractivity contribution in [3.8, 4) is 56.0 Å². The Kier molecular flexibility index (Phi) is 8.67. The van der Waals surface area contributed by atoms with Crippen molar-refractivity contribution in [3.05, 3.63) is 204 Å². The molecule has 6 heteroatoms. The van der Waals surface area contributed by atoms with Crippen molar-refractivity contribution in [2.24, 2.45) is 4.99 Å². The fourth-order valence-electron chi connectivity index (χ4n) is 7.62. The number of aromatic nitrogens is 3. The van der Waals surface area contributed by atoms with Gasteiger partial charge in [-0.1, -0.05) is 66.7 Å². The number of pyridine rings is 3. The molecule has 5 aromatic carbocycles. The van der Waals surface area contributed by atoms with E-state index in [1.807, 2.05) is 98.8 Å². The van der Waals surface area contributed by atoms with Crippen LogP contribution in [0.2, 0.25) is 0 Å². The quantitative estimate of drug-likeness (QED) is 0.101. The third-order valence-electron chi connectivity index (χ3n) is 10.7. The minimum Gasteiger partial charge on any atom is -0.304 e. The molecule has 3 aromatic heterocycles. The largest absolute Gasteiger partial charge is 3.00 e. The summed E-state index contributed by atoms with van der Waals surface area (Å²) >= 11 is 0. The summed E-state index contributed by atoms with van der Waals surface area (Å²) in [7, 11) is 0. The van der Waals surface area contributed by atoms with Crippen LogP contribution in [0.15, 0.2) is 163 Å². The molecule has 0 radical (unpaired) electrons. The first-order valence-corrected chi connectivity index (χ1v) is 19.4. The smallest absolute Gasteiger partial charge is 0.304 e. The van der Waals surface area contributed by atoms with Gasteiger partial charge in [-0.3, -0.25) is 4.98 Å². The molecule has 5 nitrogen and oxygen atoms in total. The molecule has 0 spiro atoms. The minimum atomic E-state index is -2.81. The van der Waals surface area contributed by atoms with Crippen LogP contribution in [0.4, 0.5) is 5.69 Å². The maximum absolute atomic E-state index is 9.59. The van der Waals surface area contributed by atoms with Gasteiger partial charge in [0.25, 0.3) is 0 Å². The van der Waals surface area contributed by atoms with E-state index in [1.165, 1.54) is 42.7 Å². The van der Waals surface area contributed by atoms with Gasteiger partial charge in [0.2, 0.25) is 11.9 Å². The van der Waals surface area contributed by atoms with Crippen LogP contribution in [0.25, 0.3) is 56.0 Å². The molecule has 2 aliphatic heterocycles. The van der Waals surface area contributed by atoms with Crippen LogP contribution >= 0.6 is 0 Å². The van der Waals surface area contributed by atoms with E-state index in [1.54, 1.807) is 30.5 Å². The van der Waals surface area contributed by atoms with Gasteiger partial charge in [-0.2, -0.15) is 4.58 Å². The summed E-state index contributed by atoms with van der Waals surface area (Å²) in [5, 5.41) is 0. The Morgan fingerprint density at radius 1 is 0.567 bits per heavy atom. The second kappa shape index (κ2) is 17.0. The Balaban J connectivity index is 0.00000578.